The summed E-state index contributed by atoms with van der Waals surface area (Å²) < 4.78 is 0. The molecule has 32 heavy (non-hydrogen) atoms. The number of aliphatic imine (C=N–C) groups is 2. The van der Waals surface area contributed by atoms with Crippen molar-refractivity contribution in [1.29, 1.82) is 0 Å². The van der Waals surface area contributed by atoms with E-state index in [0.29, 0.717) is 0 Å². The van der Waals surface area contributed by atoms with Gasteiger partial charge in [0, 0.05) is 0 Å². The highest BCUT2D eigenvalue weighted by molar-refractivity contribution is 6.02. The Hall–Kier alpha value is -3.07. The molecule has 0 spiro atoms. The molecule has 0 aliphatic carbocycles. The van der Waals surface area contributed by atoms with E-state index in [0.717, 1.165) is 34.2 Å². The van der Waals surface area contributed by atoms with Gasteiger partial charge in [0.25, 0.3) is 0 Å². The quantitative estimate of drug-likeness (QED) is 0.391. The van der Waals surface area contributed by atoms with Crippen molar-refractivity contribution in [3.05, 3.63) is 89.2 Å². The number of nitrogens with zero attached hydrogens (tertiary/aromatic N) is 3. The van der Waals surface area contributed by atoms with Crippen LogP contribution < -0.4 is 0 Å². The highest BCUT2D eigenvalue weighted by Crippen LogP contribution is 2.27. The lowest BCUT2D eigenvalue weighted by atomic mass is 9.87. The Kier molecular flexibility index (Phi) is 6.78. The second-order valence-corrected chi connectivity index (χ2v) is 10.4. The predicted molar refractivity (Wildman–Crippen MR) is 138 cm³/mol. The molecule has 0 amide bonds. The molecule has 3 nitrogen and oxygen atoms in total. The van der Waals surface area contributed by atoms with Gasteiger partial charge in [0.2, 0.25) is 0 Å². The number of rotatable bonds is 4. The van der Waals surface area contributed by atoms with E-state index < -0.39 is 0 Å². The zero-order valence-electron chi connectivity index (χ0n) is 20.7. The summed E-state index contributed by atoms with van der Waals surface area (Å²) >= 11 is 0. The van der Waals surface area contributed by atoms with Crippen molar-refractivity contribution < 1.29 is 0 Å². The standard InChI is InChI=1S/C29H35N3/c1-20(30-24-14-9-12-22(18-24)28(3,4)5)26-16-11-17-27(32-26)21(2)31-25-15-10-13-23(19-25)29(6,7)8/h9-19H,1-8H3. The fourth-order valence-electron chi connectivity index (χ4n) is 3.42. The number of benzene rings is 2. The van der Waals surface area contributed by atoms with Gasteiger partial charge in [-0.3, -0.25) is 9.98 Å². The number of pyridine rings is 1. The molecule has 3 heteroatoms. The molecule has 3 aromatic rings. The third-order valence-electron chi connectivity index (χ3n) is 5.51. The van der Waals surface area contributed by atoms with E-state index >= 15 is 0 Å². The van der Waals surface area contributed by atoms with Gasteiger partial charge in [-0.25, -0.2) is 4.98 Å². The van der Waals surface area contributed by atoms with Crippen molar-refractivity contribution >= 4 is 22.8 Å². The van der Waals surface area contributed by atoms with Gasteiger partial charge < -0.3 is 0 Å². The maximum atomic E-state index is 4.85. The van der Waals surface area contributed by atoms with Gasteiger partial charge in [-0.15, -0.1) is 0 Å². The summed E-state index contributed by atoms with van der Waals surface area (Å²) in [7, 11) is 0. The molecule has 166 valence electrons. The fraction of sp³-hybridized carbons (Fsp3) is 0.345. The minimum Gasteiger partial charge on any atom is -0.252 e. The van der Waals surface area contributed by atoms with Crippen molar-refractivity contribution in [2.24, 2.45) is 9.98 Å². The molecule has 0 unspecified atom stereocenters. The van der Waals surface area contributed by atoms with Crippen molar-refractivity contribution in [3.63, 3.8) is 0 Å². The van der Waals surface area contributed by atoms with Gasteiger partial charge in [-0.1, -0.05) is 71.9 Å². The molecule has 0 bridgehead atoms. The lowest BCUT2D eigenvalue weighted by molar-refractivity contribution is 0.590. The van der Waals surface area contributed by atoms with Crippen LogP contribution in [-0.4, -0.2) is 16.4 Å². The Balaban J connectivity index is 1.90. The Bertz CT molecular complexity index is 1070. The maximum Gasteiger partial charge on any atom is 0.0849 e. The smallest absolute Gasteiger partial charge is 0.0849 e. The topological polar surface area (TPSA) is 37.6 Å². The van der Waals surface area contributed by atoms with Crippen molar-refractivity contribution in [2.75, 3.05) is 0 Å². The summed E-state index contributed by atoms with van der Waals surface area (Å²) in [6, 6.07) is 22.9. The van der Waals surface area contributed by atoms with Crippen LogP contribution in [0.1, 0.15) is 77.9 Å². The average Bonchev–Trinajstić information content (AvgIpc) is 2.73. The van der Waals surface area contributed by atoms with E-state index in [-0.39, 0.29) is 10.8 Å². The van der Waals surface area contributed by atoms with Crippen LogP contribution in [0.2, 0.25) is 0 Å². The van der Waals surface area contributed by atoms with E-state index in [1.165, 1.54) is 11.1 Å². The SMILES string of the molecule is CC(=Nc1cccc(C(C)(C)C)c1)c1cccc(C(C)=Nc2cccc(C(C)(C)C)c2)n1. The number of aromatic nitrogens is 1. The average molecular weight is 426 g/mol. The molecule has 0 saturated carbocycles. The van der Waals surface area contributed by atoms with Crippen LogP contribution in [0.15, 0.2) is 76.7 Å². The summed E-state index contributed by atoms with van der Waals surface area (Å²) in [4.78, 5) is 14.5. The molecule has 0 aliphatic rings. The largest absolute Gasteiger partial charge is 0.252 e. The van der Waals surface area contributed by atoms with Crippen LogP contribution >= 0.6 is 0 Å². The summed E-state index contributed by atoms with van der Waals surface area (Å²) in [6.07, 6.45) is 0. The lowest BCUT2D eigenvalue weighted by Crippen LogP contribution is -2.10. The second kappa shape index (κ2) is 9.20. The van der Waals surface area contributed by atoms with Crippen molar-refractivity contribution in [3.8, 4) is 0 Å². The van der Waals surface area contributed by atoms with Gasteiger partial charge in [0.15, 0.2) is 0 Å². The third kappa shape index (κ3) is 6.00. The Morgan fingerprint density at radius 2 is 0.969 bits per heavy atom. The van der Waals surface area contributed by atoms with E-state index in [4.69, 9.17) is 15.0 Å². The van der Waals surface area contributed by atoms with E-state index in [1.807, 2.05) is 44.2 Å². The molecule has 0 fully saturated rings. The molecule has 0 atom stereocenters. The van der Waals surface area contributed by atoms with Gasteiger partial charge in [0.05, 0.1) is 34.2 Å². The first-order chi connectivity index (χ1) is 14.9. The lowest BCUT2D eigenvalue weighted by Gasteiger charge is -2.19. The maximum absolute atomic E-state index is 4.85. The predicted octanol–water partition coefficient (Wildman–Crippen LogP) is 7.96. The highest BCUT2D eigenvalue weighted by atomic mass is 14.8. The van der Waals surface area contributed by atoms with Gasteiger partial charge in [0.1, 0.15) is 0 Å². The molecule has 3 rings (SSSR count). The van der Waals surface area contributed by atoms with Crippen LogP contribution in [-0.2, 0) is 10.8 Å². The highest BCUT2D eigenvalue weighted by Gasteiger charge is 2.15. The van der Waals surface area contributed by atoms with Crippen LogP contribution in [0.5, 0.6) is 0 Å². The van der Waals surface area contributed by atoms with Gasteiger partial charge in [-0.05, 0) is 72.2 Å². The van der Waals surface area contributed by atoms with Crippen LogP contribution in [0.3, 0.4) is 0 Å². The van der Waals surface area contributed by atoms with Crippen LogP contribution in [0, 0.1) is 0 Å². The summed E-state index contributed by atoms with van der Waals surface area (Å²) in [6.45, 7) is 17.3. The third-order valence-corrected chi connectivity index (χ3v) is 5.51. The monoisotopic (exact) mass is 425 g/mol. The number of hydrogen-bond acceptors (Lipinski definition) is 3. The van der Waals surface area contributed by atoms with E-state index in [1.54, 1.807) is 0 Å². The molecule has 0 aliphatic heterocycles. The van der Waals surface area contributed by atoms with Gasteiger partial charge >= 0.3 is 0 Å². The Morgan fingerprint density at radius 3 is 1.34 bits per heavy atom. The molecular formula is C29H35N3. The first kappa shape index (κ1) is 23.6. The van der Waals surface area contributed by atoms with E-state index in [2.05, 4.69) is 77.9 Å². The first-order valence-corrected chi connectivity index (χ1v) is 11.2. The van der Waals surface area contributed by atoms with Gasteiger partial charge in [-0.2, -0.15) is 0 Å². The van der Waals surface area contributed by atoms with Crippen molar-refractivity contribution in [1.82, 2.24) is 4.98 Å². The molecule has 1 heterocycles. The summed E-state index contributed by atoms with van der Waals surface area (Å²) in [5, 5.41) is 0. The molecular weight excluding hydrogens is 390 g/mol. The summed E-state index contributed by atoms with van der Waals surface area (Å²) in [5.41, 5.74) is 8.13. The van der Waals surface area contributed by atoms with E-state index in [9.17, 15) is 0 Å². The zero-order chi connectivity index (χ0) is 23.5. The minimum absolute atomic E-state index is 0.0927. The molecule has 0 N–H and O–H groups in total. The molecule has 1 aromatic heterocycles. The van der Waals surface area contributed by atoms with Crippen molar-refractivity contribution in [2.45, 2.75) is 66.2 Å². The summed E-state index contributed by atoms with van der Waals surface area (Å²) in [5.74, 6) is 0. The van der Waals surface area contributed by atoms with Crippen LogP contribution in [0.4, 0.5) is 11.4 Å². The molecule has 0 radical (unpaired) electrons. The minimum atomic E-state index is 0.0927. The first-order valence-electron chi connectivity index (χ1n) is 11.2. The second-order valence-electron chi connectivity index (χ2n) is 10.4. The molecule has 0 saturated heterocycles. The molecule has 2 aromatic carbocycles. The Morgan fingerprint density at radius 1 is 0.594 bits per heavy atom. The fourth-order valence-corrected chi connectivity index (χ4v) is 3.42. The zero-order valence-corrected chi connectivity index (χ0v) is 20.7. The normalized spacial score (nSPS) is 13.4. The number of hydrogen-bond donors (Lipinski definition) is 0. The Labute approximate surface area is 193 Å². The van der Waals surface area contributed by atoms with Crippen LogP contribution in [0.25, 0.3) is 0 Å².